The highest BCUT2D eigenvalue weighted by atomic mass is 32.1. The number of nitriles is 1. The van der Waals surface area contributed by atoms with Crippen molar-refractivity contribution in [3.8, 4) is 16.0 Å². The molecule has 0 saturated carbocycles. The summed E-state index contributed by atoms with van der Waals surface area (Å²) in [6.07, 6.45) is 0. The van der Waals surface area contributed by atoms with E-state index in [2.05, 4.69) is 30.3 Å². The zero-order valence-corrected chi connectivity index (χ0v) is 10.2. The van der Waals surface area contributed by atoms with E-state index in [9.17, 15) is 0 Å². The minimum Gasteiger partial charge on any atom is -0.240 e. The Balaban J connectivity index is 2.34. The fourth-order valence-corrected chi connectivity index (χ4v) is 3.03. The van der Waals surface area contributed by atoms with Crippen LogP contribution >= 0.6 is 22.7 Å². The Bertz CT molecular complexity index is 503. The van der Waals surface area contributed by atoms with Crippen LogP contribution in [0.15, 0.2) is 17.5 Å². The van der Waals surface area contributed by atoms with E-state index >= 15 is 0 Å². The number of rotatable bonds is 2. The van der Waals surface area contributed by atoms with Gasteiger partial charge in [0.25, 0.3) is 0 Å². The number of thiazole rings is 1. The molecule has 4 heteroatoms. The quantitative estimate of drug-likeness (QED) is 0.791. The van der Waals surface area contributed by atoms with E-state index in [0.717, 1.165) is 20.5 Å². The first-order valence-corrected chi connectivity index (χ1v) is 6.36. The van der Waals surface area contributed by atoms with Gasteiger partial charge in [-0.05, 0) is 18.1 Å². The molecule has 2 rings (SSSR count). The second-order valence-corrected chi connectivity index (χ2v) is 5.45. The van der Waals surface area contributed by atoms with E-state index < -0.39 is 0 Å². The number of thiophene rings is 1. The Morgan fingerprint density at radius 1 is 1.40 bits per heavy atom. The molecule has 0 bridgehead atoms. The fraction of sp³-hybridized carbons (Fsp3) is 0.273. The van der Waals surface area contributed by atoms with E-state index in [1.54, 1.807) is 11.3 Å². The molecule has 0 aliphatic heterocycles. The van der Waals surface area contributed by atoms with Crippen LogP contribution in [0, 0.1) is 11.3 Å². The maximum absolute atomic E-state index is 8.73. The van der Waals surface area contributed by atoms with Gasteiger partial charge < -0.3 is 0 Å². The van der Waals surface area contributed by atoms with Crippen LogP contribution in [0.1, 0.15) is 30.3 Å². The zero-order valence-electron chi connectivity index (χ0n) is 8.52. The molecule has 0 aromatic carbocycles. The molecule has 0 aliphatic rings. The van der Waals surface area contributed by atoms with E-state index in [0.29, 0.717) is 5.92 Å². The average molecular weight is 234 g/mol. The van der Waals surface area contributed by atoms with Crippen molar-refractivity contribution in [2.24, 2.45) is 0 Å². The highest BCUT2D eigenvalue weighted by molar-refractivity contribution is 7.21. The van der Waals surface area contributed by atoms with Crippen molar-refractivity contribution < 1.29 is 0 Å². The summed E-state index contributed by atoms with van der Waals surface area (Å²) in [6.45, 7) is 4.27. The molecule has 0 atom stereocenters. The van der Waals surface area contributed by atoms with Crippen LogP contribution < -0.4 is 0 Å². The molecule has 15 heavy (non-hydrogen) atoms. The molecule has 2 heterocycles. The van der Waals surface area contributed by atoms with Crippen LogP contribution in [0.5, 0.6) is 0 Å². The Labute approximate surface area is 96.8 Å². The van der Waals surface area contributed by atoms with E-state index in [4.69, 9.17) is 5.26 Å². The second kappa shape index (κ2) is 4.13. The molecule has 2 nitrogen and oxygen atoms in total. The lowest BCUT2D eigenvalue weighted by Gasteiger charge is -1.96. The predicted molar refractivity (Wildman–Crippen MR) is 64.2 cm³/mol. The van der Waals surface area contributed by atoms with Crippen molar-refractivity contribution in [2.45, 2.75) is 19.8 Å². The summed E-state index contributed by atoms with van der Waals surface area (Å²) >= 11 is 3.14. The van der Waals surface area contributed by atoms with Gasteiger partial charge in [-0.15, -0.1) is 22.7 Å². The smallest absolute Gasteiger partial charge is 0.133 e. The molecule has 0 spiro atoms. The number of nitrogens with zero attached hydrogens (tertiary/aromatic N) is 2. The molecular weight excluding hydrogens is 224 g/mol. The summed E-state index contributed by atoms with van der Waals surface area (Å²) in [5.74, 6) is 0.463. The zero-order chi connectivity index (χ0) is 10.8. The third kappa shape index (κ3) is 2.09. The maximum atomic E-state index is 8.73. The molecule has 0 radical (unpaired) electrons. The molecule has 0 saturated heterocycles. The lowest BCUT2D eigenvalue weighted by Crippen LogP contribution is -1.85. The van der Waals surface area contributed by atoms with Gasteiger partial charge in [-0.3, -0.25) is 0 Å². The third-order valence-corrected chi connectivity index (χ3v) is 4.06. The highest BCUT2D eigenvalue weighted by Crippen LogP contribution is 2.31. The largest absolute Gasteiger partial charge is 0.240 e. The van der Waals surface area contributed by atoms with Crippen LogP contribution in [0.3, 0.4) is 0 Å². The molecule has 0 aliphatic carbocycles. The van der Waals surface area contributed by atoms with Crippen molar-refractivity contribution in [3.63, 3.8) is 0 Å². The number of hydrogen-bond acceptors (Lipinski definition) is 4. The van der Waals surface area contributed by atoms with Gasteiger partial charge in [0, 0.05) is 5.38 Å². The Hall–Kier alpha value is -1.18. The number of hydrogen-bond donors (Lipinski definition) is 0. The minimum absolute atomic E-state index is 0.463. The van der Waals surface area contributed by atoms with Gasteiger partial charge in [-0.1, -0.05) is 13.8 Å². The van der Waals surface area contributed by atoms with Crippen molar-refractivity contribution in [1.82, 2.24) is 4.98 Å². The highest BCUT2D eigenvalue weighted by Gasteiger charge is 2.09. The first-order chi connectivity index (χ1) is 7.20. The van der Waals surface area contributed by atoms with Crippen LogP contribution in [-0.4, -0.2) is 4.98 Å². The monoisotopic (exact) mass is 234 g/mol. The van der Waals surface area contributed by atoms with Crippen LogP contribution in [0.4, 0.5) is 0 Å². The summed E-state index contributed by atoms with van der Waals surface area (Å²) < 4.78 is 0. The second-order valence-electron chi connectivity index (χ2n) is 3.51. The lowest BCUT2D eigenvalue weighted by atomic mass is 10.2. The molecule has 2 aromatic rings. The van der Waals surface area contributed by atoms with Crippen LogP contribution in [0.2, 0.25) is 0 Å². The van der Waals surface area contributed by atoms with Gasteiger partial charge in [0.1, 0.15) is 16.0 Å². The summed E-state index contributed by atoms with van der Waals surface area (Å²) in [4.78, 5) is 6.38. The molecule has 0 amide bonds. The third-order valence-electron chi connectivity index (χ3n) is 2.04. The average Bonchev–Trinajstić information content (AvgIpc) is 2.86. The van der Waals surface area contributed by atoms with Crippen molar-refractivity contribution >= 4 is 22.7 Å². The Morgan fingerprint density at radius 2 is 2.20 bits per heavy atom. The molecular formula is C11H10N2S2. The van der Waals surface area contributed by atoms with Gasteiger partial charge in [-0.25, -0.2) is 4.98 Å². The Kier molecular flexibility index (Phi) is 2.85. The molecule has 76 valence electrons. The molecule has 2 aromatic heterocycles. The van der Waals surface area contributed by atoms with Crippen LogP contribution in [-0.2, 0) is 0 Å². The first-order valence-electron chi connectivity index (χ1n) is 4.66. The maximum Gasteiger partial charge on any atom is 0.133 e. The number of aromatic nitrogens is 1. The molecule has 0 fully saturated rings. The predicted octanol–water partition coefficient (Wildman–Crippen LogP) is 3.87. The standard InChI is InChI=1S/C11H10N2S2/c1-7(2)9-6-14-11(13-9)10-4-3-8(5-12)15-10/h3-4,6-7H,1-2H3. The Morgan fingerprint density at radius 3 is 2.73 bits per heavy atom. The van der Waals surface area contributed by atoms with Crippen molar-refractivity contribution in [2.75, 3.05) is 0 Å². The molecule has 0 N–H and O–H groups in total. The van der Waals surface area contributed by atoms with Crippen molar-refractivity contribution in [3.05, 3.63) is 28.1 Å². The van der Waals surface area contributed by atoms with Gasteiger partial charge in [0.2, 0.25) is 0 Å². The lowest BCUT2D eigenvalue weighted by molar-refractivity contribution is 0.834. The minimum atomic E-state index is 0.463. The van der Waals surface area contributed by atoms with E-state index in [1.165, 1.54) is 11.3 Å². The fourth-order valence-electron chi connectivity index (χ4n) is 1.18. The van der Waals surface area contributed by atoms with E-state index in [-0.39, 0.29) is 0 Å². The SMILES string of the molecule is CC(C)c1csc(-c2ccc(C#N)s2)n1. The first kappa shape index (κ1) is 10.3. The normalized spacial score (nSPS) is 10.5. The van der Waals surface area contributed by atoms with Gasteiger partial charge in [0.15, 0.2) is 0 Å². The van der Waals surface area contributed by atoms with Gasteiger partial charge in [0.05, 0.1) is 10.6 Å². The summed E-state index contributed by atoms with van der Waals surface area (Å²) in [6, 6.07) is 5.95. The van der Waals surface area contributed by atoms with Gasteiger partial charge in [-0.2, -0.15) is 5.26 Å². The van der Waals surface area contributed by atoms with Crippen LogP contribution in [0.25, 0.3) is 9.88 Å². The van der Waals surface area contributed by atoms with Gasteiger partial charge >= 0.3 is 0 Å². The summed E-state index contributed by atoms with van der Waals surface area (Å²) in [5, 5.41) is 11.8. The van der Waals surface area contributed by atoms with E-state index in [1.807, 2.05) is 12.1 Å². The topological polar surface area (TPSA) is 36.7 Å². The molecule has 0 unspecified atom stereocenters. The summed E-state index contributed by atoms with van der Waals surface area (Å²) in [5.41, 5.74) is 1.13. The van der Waals surface area contributed by atoms with Crippen molar-refractivity contribution in [1.29, 1.82) is 5.26 Å². The summed E-state index contributed by atoms with van der Waals surface area (Å²) in [7, 11) is 0.